The molecule has 0 atom stereocenters. The largest absolute Gasteiger partial charge is 0.369 e. The molecule has 17 heavy (non-hydrogen) atoms. The first kappa shape index (κ1) is 12.6. The molecule has 88 valence electrons. The summed E-state index contributed by atoms with van der Waals surface area (Å²) >= 11 is 8.07. The number of hydrogen-bond donors (Lipinski definition) is 1. The Hall–Kier alpha value is -0.880. The fourth-order valence-electron chi connectivity index (χ4n) is 1.40. The number of aromatic nitrogens is 2. The van der Waals surface area contributed by atoms with Gasteiger partial charge in [-0.25, -0.2) is 9.97 Å². The van der Waals surface area contributed by atoms with Gasteiger partial charge in [-0.05, 0) is 53.8 Å². The summed E-state index contributed by atoms with van der Waals surface area (Å²) in [5.74, 6) is 1.58. The van der Waals surface area contributed by atoms with Crippen LogP contribution in [0.5, 0.6) is 0 Å². The Morgan fingerprint density at radius 3 is 2.65 bits per heavy atom. The van der Waals surface area contributed by atoms with E-state index in [0.717, 1.165) is 21.5 Å². The standard InChI is InChI=1S/C12H11ClIN3/c1-2-15-12-10(14)7-16-11(17-12)8-3-5-9(13)6-4-8/h3-7H,2H2,1H3,(H,15,16,17). The minimum atomic E-state index is 0.707. The van der Waals surface area contributed by atoms with Crippen LogP contribution in [0.3, 0.4) is 0 Å². The van der Waals surface area contributed by atoms with Gasteiger partial charge in [0, 0.05) is 23.3 Å². The maximum atomic E-state index is 5.85. The summed E-state index contributed by atoms with van der Waals surface area (Å²) < 4.78 is 1.02. The highest BCUT2D eigenvalue weighted by molar-refractivity contribution is 14.1. The van der Waals surface area contributed by atoms with Crippen molar-refractivity contribution in [2.75, 3.05) is 11.9 Å². The highest BCUT2D eigenvalue weighted by Crippen LogP contribution is 2.21. The highest BCUT2D eigenvalue weighted by Gasteiger charge is 2.05. The SMILES string of the molecule is CCNc1nc(-c2ccc(Cl)cc2)ncc1I. The zero-order valence-corrected chi connectivity index (χ0v) is 12.2. The van der Waals surface area contributed by atoms with Crippen LogP contribution in [-0.2, 0) is 0 Å². The van der Waals surface area contributed by atoms with E-state index in [1.54, 1.807) is 0 Å². The molecule has 0 unspecified atom stereocenters. The van der Waals surface area contributed by atoms with E-state index in [0.29, 0.717) is 10.8 Å². The quantitative estimate of drug-likeness (QED) is 0.846. The van der Waals surface area contributed by atoms with Gasteiger partial charge >= 0.3 is 0 Å². The van der Waals surface area contributed by atoms with Crippen LogP contribution in [0.15, 0.2) is 30.5 Å². The average Bonchev–Trinajstić information content (AvgIpc) is 2.33. The minimum Gasteiger partial charge on any atom is -0.369 e. The van der Waals surface area contributed by atoms with Crippen molar-refractivity contribution in [1.82, 2.24) is 9.97 Å². The molecule has 0 aliphatic heterocycles. The zero-order chi connectivity index (χ0) is 12.3. The van der Waals surface area contributed by atoms with Gasteiger partial charge in [0.05, 0.1) is 3.57 Å². The maximum Gasteiger partial charge on any atom is 0.161 e. The summed E-state index contributed by atoms with van der Waals surface area (Å²) in [6.07, 6.45) is 1.81. The van der Waals surface area contributed by atoms with Gasteiger partial charge in [-0.15, -0.1) is 0 Å². The fraction of sp³-hybridized carbons (Fsp3) is 0.167. The molecule has 1 heterocycles. The average molecular weight is 360 g/mol. The molecule has 5 heteroatoms. The molecule has 2 rings (SSSR count). The third kappa shape index (κ3) is 3.07. The van der Waals surface area contributed by atoms with Gasteiger partial charge in [0.2, 0.25) is 0 Å². The molecule has 1 aromatic heterocycles. The Kier molecular flexibility index (Phi) is 4.17. The van der Waals surface area contributed by atoms with Gasteiger partial charge in [-0.3, -0.25) is 0 Å². The number of halogens is 2. The minimum absolute atomic E-state index is 0.707. The van der Waals surface area contributed by atoms with E-state index in [9.17, 15) is 0 Å². The van der Waals surface area contributed by atoms with Crippen LogP contribution in [0, 0.1) is 3.57 Å². The number of anilines is 1. The molecule has 0 saturated heterocycles. The van der Waals surface area contributed by atoms with Crippen molar-refractivity contribution in [2.24, 2.45) is 0 Å². The number of nitrogens with zero attached hydrogens (tertiary/aromatic N) is 2. The first-order valence-corrected chi connectivity index (χ1v) is 6.68. The van der Waals surface area contributed by atoms with Gasteiger partial charge in [0.25, 0.3) is 0 Å². The second-order valence-electron chi connectivity index (χ2n) is 3.43. The van der Waals surface area contributed by atoms with Crippen LogP contribution < -0.4 is 5.32 Å². The molecule has 1 aromatic carbocycles. The van der Waals surface area contributed by atoms with Gasteiger partial charge < -0.3 is 5.32 Å². The summed E-state index contributed by atoms with van der Waals surface area (Å²) in [4.78, 5) is 8.81. The zero-order valence-electron chi connectivity index (χ0n) is 9.24. The number of hydrogen-bond acceptors (Lipinski definition) is 3. The van der Waals surface area contributed by atoms with Gasteiger partial charge in [0.15, 0.2) is 5.82 Å². The van der Waals surface area contributed by atoms with Crippen LogP contribution in [0.4, 0.5) is 5.82 Å². The molecule has 0 fully saturated rings. The Balaban J connectivity index is 2.39. The molecule has 0 saturated carbocycles. The second kappa shape index (κ2) is 5.64. The van der Waals surface area contributed by atoms with Crippen LogP contribution >= 0.6 is 34.2 Å². The summed E-state index contributed by atoms with van der Waals surface area (Å²) in [6, 6.07) is 7.51. The number of nitrogens with one attached hydrogen (secondary N) is 1. The molecule has 1 N–H and O–H groups in total. The Bertz CT molecular complexity index is 514. The smallest absolute Gasteiger partial charge is 0.161 e. The lowest BCUT2D eigenvalue weighted by molar-refractivity contribution is 1.10. The summed E-state index contributed by atoms with van der Waals surface area (Å²) in [5.41, 5.74) is 0.963. The predicted molar refractivity (Wildman–Crippen MR) is 79.4 cm³/mol. The van der Waals surface area contributed by atoms with Crippen LogP contribution in [0.2, 0.25) is 5.02 Å². The van der Waals surface area contributed by atoms with Gasteiger partial charge in [-0.1, -0.05) is 11.6 Å². The van der Waals surface area contributed by atoms with E-state index in [1.165, 1.54) is 0 Å². The van der Waals surface area contributed by atoms with Crippen molar-refractivity contribution in [3.05, 3.63) is 39.1 Å². The molecule has 0 aliphatic rings. The normalized spacial score (nSPS) is 10.3. The lowest BCUT2D eigenvalue weighted by atomic mass is 10.2. The summed E-state index contributed by atoms with van der Waals surface area (Å²) in [5, 5.41) is 3.93. The molecule has 0 amide bonds. The Morgan fingerprint density at radius 1 is 1.29 bits per heavy atom. The number of rotatable bonds is 3. The monoisotopic (exact) mass is 359 g/mol. The third-order valence-corrected chi connectivity index (χ3v) is 3.23. The van der Waals surface area contributed by atoms with Crippen molar-refractivity contribution < 1.29 is 0 Å². The molecular weight excluding hydrogens is 349 g/mol. The molecule has 3 nitrogen and oxygen atoms in total. The van der Waals surface area contributed by atoms with E-state index in [2.05, 4.69) is 37.9 Å². The predicted octanol–water partition coefficient (Wildman–Crippen LogP) is 3.83. The summed E-state index contributed by atoms with van der Waals surface area (Å²) in [6.45, 7) is 2.88. The van der Waals surface area contributed by atoms with E-state index in [1.807, 2.05) is 37.4 Å². The van der Waals surface area contributed by atoms with Gasteiger partial charge in [0.1, 0.15) is 5.82 Å². The number of benzene rings is 1. The maximum absolute atomic E-state index is 5.85. The van der Waals surface area contributed by atoms with Crippen LogP contribution in [0.1, 0.15) is 6.92 Å². The van der Waals surface area contributed by atoms with Crippen LogP contribution in [0.25, 0.3) is 11.4 Å². The second-order valence-corrected chi connectivity index (χ2v) is 5.03. The van der Waals surface area contributed by atoms with E-state index in [4.69, 9.17) is 11.6 Å². The third-order valence-electron chi connectivity index (χ3n) is 2.19. The lowest BCUT2D eigenvalue weighted by Gasteiger charge is -2.07. The lowest BCUT2D eigenvalue weighted by Crippen LogP contribution is -2.03. The molecule has 0 spiro atoms. The molecule has 0 aliphatic carbocycles. The molecular formula is C12H11ClIN3. The highest BCUT2D eigenvalue weighted by atomic mass is 127. The Morgan fingerprint density at radius 2 is 2.00 bits per heavy atom. The molecule has 0 bridgehead atoms. The fourth-order valence-corrected chi connectivity index (χ4v) is 1.97. The first-order chi connectivity index (χ1) is 8.20. The van der Waals surface area contributed by atoms with E-state index < -0.39 is 0 Å². The molecule has 0 radical (unpaired) electrons. The van der Waals surface area contributed by atoms with E-state index >= 15 is 0 Å². The topological polar surface area (TPSA) is 37.8 Å². The van der Waals surface area contributed by atoms with Crippen molar-refractivity contribution in [3.8, 4) is 11.4 Å². The van der Waals surface area contributed by atoms with Gasteiger partial charge in [-0.2, -0.15) is 0 Å². The first-order valence-electron chi connectivity index (χ1n) is 5.23. The molecule has 2 aromatic rings. The van der Waals surface area contributed by atoms with Crippen molar-refractivity contribution in [1.29, 1.82) is 0 Å². The van der Waals surface area contributed by atoms with Crippen molar-refractivity contribution >= 4 is 40.0 Å². The van der Waals surface area contributed by atoms with Crippen LogP contribution in [-0.4, -0.2) is 16.5 Å². The summed E-state index contributed by atoms with van der Waals surface area (Å²) in [7, 11) is 0. The van der Waals surface area contributed by atoms with E-state index in [-0.39, 0.29) is 0 Å². The van der Waals surface area contributed by atoms with Crippen molar-refractivity contribution in [3.63, 3.8) is 0 Å². The van der Waals surface area contributed by atoms with Crippen molar-refractivity contribution in [2.45, 2.75) is 6.92 Å². The Labute approximate surface area is 119 Å².